The van der Waals surface area contributed by atoms with Crippen molar-refractivity contribution in [1.82, 2.24) is 4.90 Å². The Kier molecular flexibility index (Phi) is 6.72. The van der Waals surface area contributed by atoms with Gasteiger partial charge in [0.15, 0.2) is 0 Å². The van der Waals surface area contributed by atoms with Crippen LogP contribution < -0.4 is 0 Å². The fraction of sp³-hybridized carbons (Fsp3) is 0.958. The molecule has 2 bridgehead atoms. The largest absolute Gasteiger partial charge is 0.381 e. The van der Waals surface area contributed by atoms with Crippen LogP contribution >= 0.6 is 0 Å². The van der Waals surface area contributed by atoms with E-state index in [1.165, 1.54) is 0 Å². The van der Waals surface area contributed by atoms with Crippen LogP contribution in [0.1, 0.15) is 80.1 Å². The van der Waals surface area contributed by atoms with Gasteiger partial charge in [0, 0.05) is 26.3 Å². The molecule has 168 valence electrons. The maximum atomic E-state index is 13.2. The highest BCUT2D eigenvalue weighted by Gasteiger charge is 2.70. The Morgan fingerprint density at radius 3 is 2.14 bits per heavy atom. The van der Waals surface area contributed by atoms with Crippen LogP contribution in [0.5, 0.6) is 0 Å². The molecule has 0 heterocycles. The van der Waals surface area contributed by atoms with Crippen molar-refractivity contribution in [2.75, 3.05) is 26.9 Å². The standard InChI is InChI=1S/C24H43NO4/c1-22(2,3)28-11-9-8-10-27-16-20-17-14-24(20,15-17)21(26)25(7)18-12-19(13-18)29-23(4,5)6/h17-20H,8-16H2,1-7H3. The Morgan fingerprint density at radius 1 is 1.00 bits per heavy atom. The normalized spacial score (nSPS) is 33.5. The van der Waals surface area contributed by atoms with Crippen LogP contribution in [0.15, 0.2) is 0 Å². The molecule has 0 aliphatic heterocycles. The van der Waals surface area contributed by atoms with Gasteiger partial charge in [0.2, 0.25) is 5.91 Å². The smallest absolute Gasteiger partial charge is 0.229 e. The van der Waals surface area contributed by atoms with E-state index in [2.05, 4.69) is 41.5 Å². The second-order valence-electron chi connectivity index (χ2n) is 11.6. The number of hydrogen-bond donors (Lipinski definition) is 0. The minimum absolute atomic E-state index is 0.0633. The van der Waals surface area contributed by atoms with Gasteiger partial charge in [-0.05, 0) is 91.9 Å². The molecule has 0 radical (unpaired) electrons. The van der Waals surface area contributed by atoms with Gasteiger partial charge in [-0.3, -0.25) is 4.79 Å². The summed E-state index contributed by atoms with van der Waals surface area (Å²) < 4.78 is 17.7. The van der Waals surface area contributed by atoms with Crippen LogP contribution in [0.4, 0.5) is 0 Å². The molecular formula is C24H43NO4. The summed E-state index contributed by atoms with van der Waals surface area (Å²) in [6.07, 6.45) is 6.41. The zero-order valence-electron chi connectivity index (χ0n) is 19.8. The summed E-state index contributed by atoms with van der Waals surface area (Å²) >= 11 is 0. The number of rotatable bonds is 10. The Bertz CT molecular complexity index is 564. The lowest BCUT2D eigenvalue weighted by Gasteiger charge is -2.68. The van der Waals surface area contributed by atoms with Crippen molar-refractivity contribution in [3.63, 3.8) is 0 Å². The lowest BCUT2D eigenvalue weighted by molar-refractivity contribution is -0.226. The van der Waals surface area contributed by atoms with Crippen molar-refractivity contribution in [2.24, 2.45) is 17.3 Å². The van der Waals surface area contributed by atoms with E-state index in [1.807, 2.05) is 11.9 Å². The van der Waals surface area contributed by atoms with Gasteiger partial charge in [-0.1, -0.05) is 0 Å². The highest BCUT2D eigenvalue weighted by atomic mass is 16.5. The van der Waals surface area contributed by atoms with Crippen molar-refractivity contribution in [2.45, 2.75) is 103 Å². The maximum absolute atomic E-state index is 13.2. The molecule has 0 aromatic carbocycles. The number of ether oxygens (including phenoxy) is 3. The molecule has 29 heavy (non-hydrogen) atoms. The number of carbonyl (C=O) groups excluding carboxylic acids is 1. The number of carbonyl (C=O) groups is 1. The summed E-state index contributed by atoms with van der Waals surface area (Å²) in [5.74, 6) is 1.49. The summed E-state index contributed by atoms with van der Waals surface area (Å²) in [4.78, 5) is 15.2. The van der Waals surface area contributed by atoms with Gasteiger partial charge in [0.05, 0.1) is 29.3 Å². The first-order valence-electron chi connectivity index (χ1n) is 11.6. The lowest BCUT2D eigenvalue weighted by atomic mass is 9.37. The molecule has 5 nitrogen and oxygen atoms in total. The van der Waals surface area contributed by atoms with Crippen molar-refractivity contribution in [1.29, 1.82) is 0 Å². The number of unbranched alkanes of at least 4 members (excludes halogenated alkanes) is 1. The number of amides is 1. The zero-order valence-corrected chi connectivity index (χ0v) is 19.8. The van der Waals surface area contributed by atoms with Gasteiger partial charge < -0.3 is 19.1 Å². The first kappa shape index (κ1) is 23.0. The van der Waals surface area contributed by atoms with E-state index in [-0.39, 0.29) is 16.6 Å². The molecule has 0 N–H and O–H groups in total. The van der Waals surface area contributed by atoms with Crippen LogP contribution in [-0.4, -0.2) is 61.0 Å². The molecule has 1 atom stereocenters. The third-order valence-electron chi connectivity index (χ3n) is 6.93. The van der Waals surface area contributed by atoms with Crippen molar-refractivity contribution in [3.05, 3.63) is 0 Å². The fourth-order valence-electron chi connectivity index (χ4n) is 5.08. The molecule has 4 aliphatic carbocycles. The van der Waals surface area contributed by atoms with E-state index in [0.29, 0.717) is 29.9 Å². The highest BCUT2D eigenvalue weighted by Crippen LogP contribution is 2.69. The number of nitrogens with zero attached hydrogens (tertiary/aromatic N) is 1. The molecular weight excluding hydrogens is 366 g/mol. The van der Waals surface area contributed by atoms with Gasteiger partial charge in [-0.15, -0.1) is 0 Å². The quantitative estimate of drug-likeness (QED) is 0.501. The van der Waals surface area contributed by atoms with Crippen LogP contribution in [0, 0.1) is 17.3 Å². The SMILES string of the molecule is CN(C(=O)C12CC(C1)C2COCCCCOC(C)(C)C)C1CC(OC(C)(C)C)C1. The summed E-state index contributed by atoms with van der Waals surface area (Å²) in [5, 5.41) is 0. The predicted molar refractivity (Wildman–Crippen MR) is 115 cm³/mol. The summed E-state index contributed by atoms with van der Waals surface area (Å²) in [6.45, 7) is 14.8. The van der Waals surface area contributed by atoms with Gasteiger partial charge in [-0.2, -0.15) is 0 Å². The maximum Gasteiger partial charge on any atom is 0.229 e. The van der Waals surface area contributed by atoms with Crippen LogP contribution in [0.25, 0.3) is 0 Å². The first-order valence-corrected chi connectivity index (χ1v) is 11.6. The molecule has 1 amide bonds. The molecule has 0 aromatic heterocycles. The molecule has 0 saturated heterocycles. The monoisotopic (exact) mass is 409 g/mol. The molecule has 5 heteroatoms. The van der Waals surface area contributed by atoms with Crippen molar-refractivity contribution in [3.8, 4) is 0 Å². The minimum atomic E-state index is -0.120. The zero-order chi connectivity index (χ0) is 21.4. The van der Waals surface area contributed by atoms with E-state index in [0.717, 1.165) is 58.3 Å². The van der Waals surface area contributed by atoms with E-state index in [9.17, 15) is 4.79 Å². The number of hydrogen-bond acceptors (Lipinski definition) is 4. The summed E-state index contributed by atoms with van der Waals surface area (Å²) in [5.41, 5.74) is -0.287. The average molecular weight is 410 g/mol. The fourth-order valence-corrected chi connectivity index (χ4v) is 5.08. The Balaban J connectivity index is 1.33. The first-order chi connectivity index (χ1) is 13.4. The van der Waals surface area contributed by atoms with E-state index >= 15 is 0 Å². The highest BCUT2D eigenvalue weighted by molar-refractivity contribution is 5.86. The molecule has 4 aliphatic rings. The molecule has 0 aromatic rings. The molecule has 4 saturated carbocycles. The molecule has 0 spiro atoms. The van der Waals surface area contributed by atoms with Gasteiger partial charge >= 0.3 is 0 Å². The molecule has 1 unspecified atom stereocenters. The third kappa shape index (κ3) is 5.34. The Morgan fingerprint density at radius 2 is 1.62 bits per heavy atom. The summed E-state index contributed by atoms with van der Waals surface area (Å²) in [6, 6.07) is 0.341. The lowest BCUT2D eigenvalue weighted by Crippen LogP contribution is -2.70. The van der Waals surface area contributed by atoms with E-state index < -0.39 is 0 Å². The average Bonchev–Trinajstić information content (AvgIpc) is 2.48. The predicted octanol–water partition coefficient (Wildman–Crippen LogP) is 4.43. The topological polar surface area (TPSA) is 48.0 Å². The third-order valence-corrected chi connectivity index (χ3v) is 6.93. The molecule has 4 fully saturated rings. The van der Waals surface area contributed by atoms with Gasteiger partial charge in [-0.25, -0.2) is 0 Å². The van der Waals surface area contributed by atoms with Crippen LogP contribution in [0.2, 0.25) is 0 Å². The summed E-state index contributed by atoms with van der Waals surface area (Å²) in [7, 11) is 1.99. The van der Waals surface area contributed by atoms with Crippen LogP contribution in [-0.2, 0) is 19.0 Å². The van der Waals surface area contributed by atoms with Gasteiger partial charge in [0.1, 0.15) is 0 Å². The molecule has 4 rings (SSSR count). The van der Waals surface area contributed by atoms with Crippen molar-refractivity contribution >= 4 is 5.91 Å². The van der Waals surface area contributed by atoms with E-state index in [4.69, 9.17) is 14.2 Å². The van der Waals surface area contributed by atoms with Gasteiger partial charge in [0.25, 0.3) is 0 Å². The minimum Gasteiger partial charge on any atom is -0.381 e. The Hall–Kier alpha value is -0.650. The second-order valence-corrected chi connectivity index (χ2v) is 11.6. The van der Waals surface area contributed by atoms with Crippen molar-refractivity contribution < 1.29 is 19.0 Å². The van der Waals surface area contributed by atoms with Crippen LogP contribution in [0.3, 0.4) is 0 Å². The second kappa shape index (κ2) is 8.47. The van der Waals surface area contributed by atoms with E-state index in [1.54, 1.807) is 0 Å². The Labute approximate surface area is 177 Å².